The lowest BCUT2D eigenvalue weighted by Crippen LogP contribution is -2.27. The minimum Gasteiger partial charge on any atom is -0.452 e. The molecule has 0 atom stereocenters. The molecule has 0 fully saturated rings. The highest BCUT2D eigenvalue weighted by atomic mass is 35.5. The van der Waals surface area contributed by atoms with Crippen molar-refractivity contribution in [2.24, 2.45) is 0 Å². The number of fused-ring (bicyclic) bond motifs is 2. The lowest BCUT2D eigenvalue weighted by atomic mass is 10.0. The van der Waals surface area contributed by atoms with Gasteiger partial charge in [-0.25, -0.2) is 9.78 Å². The van der Waals surface area contributed by atoms with Crippen molar-refractivity contribution in [2.45, 2.75) is 12.8 Å². The van der Waals surface area contributed by atoms with Crippen LogP contribution in [-0.4, -0.2) is 42.5 Å². The van der Waals surface area contributed by atoms with Gasteiger partial charge in [0.2, 0.25) is 0 Å². The van der Waals surface area contributed by atoms with Crippen molar-refractivity contribution in [3.05, 3.63) is 75.9 Å². The summed E-state index contributed by atoms with van der Waals surface area (Å²) in [6, 6.07) is 15.1. The zero-order valence-electron chi connectivity index (χ0n) is 16.8. The molecule has 30 heavy (non-hydrogen) atoms. The number of carbonyl (C=O) groups is 2. The Kier molecular flexibility index (Phi) is 5.55. The molecule has 0 aliphatic heterocycles. The second-order valence-corrected chi connectivity index (χ2v) is 7.79. The number of likely N-dealkylation sites (N-methyl/N-ethyl adjacent to an activating group) is 1. The molecule has 1 heterocycles. The summed E-state index contributed by atoms with van der Waals surface area (Å²) < 4.78 is 5.36. The third kappa shape index (κ3) is 3.81. The van der Waals surface area contributed by atoms with Gasteiger partial charge in [-0.3, -0.25) is 4.79 Å². The van der Waals surface area contributed by atoms with Gasteiger partial charge in [0, 0.05) is 24.5 Å². The van der Waals surface area contributed by atoms with Crippen LogP contribution in [0.2, 0.25) is 5.02 Å². The monoisotopic (exact) mass is 420 g/mol. The number of hydrogen-bond donors (Lipinski definition) is 0. The molecule has 0 spiro atoms. The molecule has 5 nitrogen and oxygen atoms in total. The molecule has 3 aromatic rings. The second kappa shape index (κ2) is 8.28. The fourth-order valence-corrected chi connectivity index (χ4v) is 3.81. The first-order valence-electron chi connectivity index (χ1n) is 9.70. The number of esters is 1. The Labute approximate surface area is 179 Å². The van der Waals surface area contributed by atoms with E-state index in [0.717, 1.165) is 34.2 Å². The van der Waals surface area contributed by atoms with Crippen LogP contribution in [-0.2, 0) is 16.0 Å². The fraction of sp³-hybridized carbons (Fsp3) is 0.208. The zero-order chi connectivity index (χ0) is 21.3. The SMILES string of the molecule is CN(C)C(=O)COC(=O)c1c2c(nc3ccccc13)/C(=C\c1ccccc1Cl)CC2. The Balaban J connectivity index is 1.79. The molecule has 152 valence electrons. The molecule has 0 saturated carbocycles. The van der Waals surface area contributed by atoms with E-state index in [2.05, 4.69) is 0 Å². The molecule has 0 unspecified atom stereocenters. The van der Waals surface area contributed by atoms with Gasteiger partial charge < -0.3 is 9.64 Å². The summed E-state index contributed by atoms with van der Waals surface area (Å²) in [5.41, 5.74) is 4.80. The van der Waals surface area contributed by atoms with Gasteiger partial charge in [-0.1, -0.05) is 48.0 Å². The zero-order valence-corrected chi connectivity index (χ0v) is 17.6. The number of aromatic nitrogens is 1. The summed E-state index contributed by atoms with van der Waals surface area (Å²) >= 11 is 6.33. The first kappa shape index (κ1) is 20.1. The highest BCUT2D eigenvalue weighted by Gasteiger charge is 2.28. The lowest BCUT2D eigenvalue weighted by molar-refractivity contribution is -0.131. The number of nitrogens with zero attached hydrogens (tertiary/aromatic N) is 2. The lowest BCUT2D eigenvalue weighted by Gasteiger charge is -2.14. The van der Waals surface area contributed by atoms with Crippen LogP contribution in [0.5, 0.6) is 0 Å². The van der Waals surface area contributed by atoms with Crippen LogP contribution < -0.4 is 0 Å². The predicted molar refractivity (Wildman–Crippen MR) is 118 cm³/mol. The second-order valence-electron chi connectivity index (χ2n) is 7.39. The van der Waals surface area contributed by atoms with Gasteiger partial charge in [-0.15, -0.1) is 0 Å². The summed E-state index contributed by atoms with van der Waals surface area (Å²) in [7, 11) is 3.25. The number of allylic oxidation sites excluding steroid dienone is 1. The molecule has 4 rings (SSSR count). The fourth-order valence-electron chi connectivity index (χ4n) is 3.62. The van der Waals surface area contributed by atoms with Gasteiger partial charge in [-0.05, 0) is 47.8 Å². The maximum absolute atomic E-state index is 13.0. The Hall–Kier alpha value is -3.18. The molecule has 0 bridgehead atoms. The molecule has 0 radical (unpaired) electrons. The number of para-hydroxylation sites is 1. The van der Waals surface area contributed by atoms with E-state index in [-0.39, 0.29) is 12.5 Å². The van der Waals surface area contributed by atoms with Crippen molar-refractivity contribution in [3.8, 4) is 0 Å². The van der Waals surface area contributed by atoms with Gasteiger partial charge in [0.15, 0.2) is 6.61 Å². The van der Waals surface area contributed by atoms with Gasteiger partial charge in [-0.2, -0.15) is 0 Å². The first-order valence-corrected chi connectivity index (χ1v) is 10.1. The maximum atomic E-state index is 13.0. The molecule has 6 heteroatoms. The molecule has 2 aromatic carbocycles. The first-order chi connectivity index (χ1) is 14.5. The van der Waals surface area contributed by atoms with Gasteiger partial charge in [0.1, 0.15) is 0 Å². The summed E-state index contributed by atoms with van der Waals surface area (Å²) in [5, 5.41) is 1.40. The van der Waals surface area contributed by atoms with Crippen LogP contribution in [0.15, 0.2) is 48.5 Å². The molecule has 0 saturated heterocycles. The van der Waals surface area contributed by atoms with E-state index >= 15 is 0 Å². The van der Waals surface area contributed by atoms with E-state index < -0.39 is 5.97 Å². The van der Waals surface area contributed by atoms with E-state index in [1.54, 1.807) is 14.1 Å². The van der Waals surface area contributed by atoms with E-state index in [1.165, 1.54) is 4.90 Å². The van der Waals surface area contributed by atoms with Crippen LogP contribution in [0.4, 0.5) is 0 Å². The molecule has 1 amide bonds. The number of ether oxygens (including phenoxy) is 1. The minimum atomic E-state index is -0.501. The molecule has 1 aromatic heterocycles. The molecule has 1 aliphatic carbocycles. The average molecular weight is 421 g/mol. The topological polar surface area (TPSA) is 59.5 Å². The van der Waals surface area contributed by atoms with Gasteiger partial charge >= 0.3 is 5.97 Å². The minimum absolute atomic E-state index is 0.266. The number of carbonyl (C=O) groups excluding carboxylic acids is 2. The Morgan fingerprint density at radius 2 is 1.83 bits per heavy atom. The quantitative estimate of drug-likeness (QED) is 0.578. The maximum Gasteiger partial charge on any atom is 0.339 e. The normalized spacial score (nSPS) is 14.0. The summed E-state index contributed by atoms with van der Waals surface area (Å²) in [4.78, 5) is 31.1. The van der Waals surface area contributed by atoms with Crippen LogP contribution in [0.1, 0.15) is 33.6 Å². The molecule has 0 N–H and O–H groups in total. The van der Waals surface area contributed by atoms with Crippen molar-refractivity contribution in [2.75, 3.05) is 20.7 Å². The van der Waals surface area contributed by atoms with E-state index in [4.69, 9.17) is 21.3 Å². The molecular formula is C24H21ClN2O3. The number of hydrogen-bond acceptors (Lipinski definition) is 4. The molecule has 1 aliphatic rings. The Morgan fingerprint density at radius 3 is 2.60 bits per heavy atom. The third-order valence-electron chi connectivity index (χ3n) is 5.21. The standard InChI is InChI=1S/C24H21ClN2O3/c1-27(2)21(28)14-30-24(29)22-17-8-4-6-10-20(17)26-23-16(11-12-18(22)23)13-15-7-3-5-9-19(15)25/h3-10,13H,11-12,14H2,1-2H3/b16-13-. The average Bonchev–Trinajstić information content (AvgIpc) is 3.13. The van der Waals surface area contributed by atoms with Crippen LogP contribution in [0.25, 0.3) is 22.6 Å². The van der Waals surface area contributed by atoms with E-state index in [9.17, 15) is 9.59 Å². The van der Waals surface area contributed by atoms with E-state index in [1.807, 2.05) is 54.6 Å². The predicted octanol–water partition coefficient (Wildman–Crippen LogP) is 4.62. The number of halogens is 1. The van der Waals surface area contributed by atoms with Crippen molar-refractivity contribution in [3.63, 3.8) is 0 Å². The Bertz CT molecular complexity index is 1180. The summed E-state index contributed by atoms with van der Waals surface area (Å²) in [5.74, 6) is -0.767. The van der Waals surface area contributed by atoms with Crippen molar-refractivity contribution in [1.82, 2.24) is 9.88 Å². The molecular weight excluding hydrogens is 400 g/mol. The van der Waals surface area contributed by atoms with Crippen molar-refractivity contribution < 1.29 is 14.3 Å². The van der Waals surface area contributed by atoms with Gasteiger partial charge in [0.05, 0.1) is 16.8 Å². The van der Waals surface area contributed by atoms with Crippen molar-refractivity contribution in [1.29, 1.82) is 0 Å². The number of pyridine rings is 1. The number of benzene rings is 2. The van der Waals surface area contributed by atoms with Crippen LogP contribution in [0.3, 0.4) is 0 Å². The van der Waals surface area contributed by atoms with Crippen LogP contribution >= 0.6 is 11.6 Å². The van der Waals surface area contributed by atoms with Crippen LogP contribution in [0, 0.1) is 0 Å². The highest BCUT2D eigenvalue weighted by Crippen LogP contribution is 2.38. The summed E-state index contributed by atoms with van der Waals surface area (Å²) in [6.45, 7) is -0.292. The Morgan fingerprint density at radius 1 is 1.10 bits per heavy atom. The third-order valence-corrected chi connectivity index (χ3v) is 5.55. The van der Waals surface area contributed by atoms with E-state index in [0.29, 0.717) is 22.5 Å². The smallest absolute Gasteiger partial charge is 0.339 e. The van der Waals surface area contributed by atoms with Gasteiger partial charge in [0.25, 0.3) is 5.91 Å². The largest absolute Gasteiger partial charge is 0.452 e. The number of amides is 1. The number of rotatable bonds is 4. The summed E-state index contributed by atoms with van der Waals surface area (Å²) in [6.07, 6.45) is 3.46. The van der Waals surface area contributed by atoms with Crippen molar-refractivity contribution >= 4 is 46.0 Å². The highest BCUT2D eigenvalue weighted by molar-refractivity contribution is 6.32.